The molecule has 0 spiro atoms. The van der Waals surface area contributed by atoms with Crippen LogP contribution in [0, 0.1) is 15.5 Å². The minimum Gasteiger partial charge on any atom is -0.598 e. The van der Waals surface area contributed by atoms with Crippen LogP contribution in [0.1, 0.15) is 25.3 Å². The van der Waals surface area contributed by atoms with Crippen LogP contribution in [-0.4, -0.2) is 66.5 Å². The highest BCUT2D eigenvalue weighted by atomic mass is 35.5. The van der Waals surface area contributed by atoms with Crippen molar-refractivity contribution < 1.29 is 14.2 Å². The molecule has 1 N–H and O–H groups in total. The molecule has 1 aliphatic carbocycles. The molecule has 14 heteroatoms. The number of piperazine rings is 1. The normalized spacial score (nSPS) is 17.5. The molecular formula is C27H28ClN7O5S. The van der Waals surface area contributed by atoms with Crippen molar-refractivity contribution in [3.8, 4) is 11.4 Å². The second kappa shape index (κ2) is 11.0. The third-order valence-electron chi connectivity index (χ3n) is 7.68. The van der Waals surface area contributed by atoms with Crippen molar-refractivity contribution in [3.05, 3.63) is 79.8 Å². The van der Waals surface area contributed by atoms with Gasteiger partial charge in [0.25, 0.3) is 5.69 Å². The molecule has 1 atom stereocenters. The maximum Gasteiger partial charge on any atom is 0.316 e. The Morgan fingerprint density at radius 3 is 2.66 bits per heavy atom. The van der Waals surface area contributed by atoms with E-state index in [9.17, 15) is 19.5 Å². The first kappa shape index (κ1) is 27.5. The number of hydrogen-bond acceptors (Lipinski definition) is 9. The number of nitro groups is 1. The summed E-state index contributed by atoms with van der Waals surface area (Å²) in [5.41, 5.74) is 1.77. The zero-order valence-corrected chi connectivity index (χ0v) is 23.9. The van der Waals surface area contributed by atoms with Crippen LogP contribution in [-0.2, 0) is 17.1 Å². The molecule has 12 nitrogen and oxygen atoms in total. The van der Waals surface area contributed by atoms with Crippen LogP contribution >= 0.6 is 11.6 Å². The minimum absolute atomic E-state index is 0.00261. The van der Waals surface area contributed by atoms with Gasteiger partial charge >= 0.3 is 5.56 Å². The summed E-state index contributed by atoms with van der Waals surface area (Å²) < 4.78 is 22.6. The summed E-state index contributed by atoms with van der Waals surface area (Å²) in [5, 5.41) is 24.0. The van der Waals surface area contributed by atoms with E-state index in [4.69, 9.17) is 16.3 Å². The zero-order valence-electron chi connectivity index (χ0n) is 22.3. The van der Waals surface area contributed by atoms with Crippen molar-refractivity contribution in [2.75, 3.05) is 37.7 Å². The molecule has 6 rings (SSSR count). The number of aromatic nitrogens is 4. The number of anilines is 1. The van der Waals surface area contributed by atoms with Gasteiger partial charge in [0.05, 0.1) is 53.8 Å². The third kappa shape index (κ3) is 5.62. The number of halogens is 1. The highest BCUT2D eigenvalue weighted by Crippen LogP contribution is 2.45. The highest BCUT2D eigenvalue weighted by molar-refractivity contribution is 7.88. The van der Waals surface area contributed by atoms with Gasteiger partial charge in [0.1, 0.15) is 5.69 Å². The van der Waals surface area contributed by atoms with Crippen molar-refractivity contribution in [3.63, 3.8) is 0 Å². The lowest BCUT2D eigenvalue weighted by atomic mass is 10.1. The first-order chi connectivity index (χ1) is 19.7. The molecule has 3 heterocycles. The fourth-order valence-electron chi connectivity index (χ4n) is 4.92. The molecule has 2 aromatic carbocycles. The number of benzene rings is 2. The summed E-state index contributed by atoms with van der Waals surface area (Å²) in [6.45, 7) is 4.36. The molecule has 0 bridgehead atoms. The Balaban J connectivity index is 1.21. The molecule has 2 fully saturated rings. The summed E-state index contributed by atoms with van der Waals surface area (Å²) in [7, 11) is 0. The third-order valence-corrected chi connectivity index (χ3v) is 9.39. The average Bonchev–Trinajstić information content (AvgIpc) is 3.49. The van der Waals surface area contributed by atoms with E-state index in [0.717, 1.165) is 12.8 Å². The fraction of sp³-hybridized carbons (Fsp3) is 0.370. The number of H-pyrrole nitrogens is 1. The number of nitrogens with one attached hydrogen (secondary N) is 1. The van der Waals surface area contributed by atoms with E-state index in [1.54, 1.807) is 40.8 Å². The molecule has 2 aromatic heterocycles. The van der Waals surface area contributed by atoms with E-state index in [0.29, 0.717) is 65.6 Å². The predicted molar refractivity (Wildman–Crippen MR) is 156 cm³/mol. The second-order valence-electron chi connectivity index (χ2n) is 10.7. The molecule has 1 unspecified atom stereocenters. The Hall–Kier alpha value is -3.65. The lowest BCUT2D eigenvalue weighted by Crippen LogP contribution is -2.49. The smallest absolute Gasteiger partial charge is 0.316 e. The molecule has 4 aromatic rings. The van der Waals surface area contributed by atoms with Gasteiger partial charge in [-0.1, -0.05) is 24.6 Å². The molecule has 0 radical (unpaired) electrons. The summed E-state index contributed by atoms with van der Waals surface area (Å²) >= 11 is 4.65. The van der Waals surface area contributed by atoms with Gasteiger partial charge in [-0.3, -0.25) is 20.0 Å². The number of nitrogens with zero attached hydrogens (tertiary/aromatic N) is 6. The van der Waals surface area contributed by atoms with E-state index >= 15 is 0 Å². The number of nitro benzene ring substituents is 1. The molecule has 2 aliphatic rings. The first-order valence-corrected chi connectivity index (χ1v) is 14.9. The SMILES string of the molecule is CC1(COc2c(N3CCN([S+]([O-])Cc4c([N+](=O)[O-])ccc5[nH]ncc45)CC3)cnn(-c3cccc(Cl)c3)c2=O)CC1. The van der Waals surface area contributed by atoms with Crippen molar-refractivity contribution in [1.82, 2.24) is 24.3 Å². The van der Waals surface area contributed by atoms with E-state index < -0.39 is 16.3 Å². The molecule has 0 amide bonds. The van der Waals surface area contributed by atoms with Crippen molar-refractivity contribution >= 4 is 45.2 Å². The van der Waals surface area contributed by atoms with Gasteiger partial charge in [-0.25, -0.2) is 0 Å². The number of rotatable bonds is 9. The van der Waals surface area contributed by atoms with E-state index in [1.807, 2.05) is 4.90 Å². The standard InChI is InChI=1S/C27H28ClN7O5S/c1-27(7-8-27)17-40-25-24(15-30-34(26(25)36)19-4-2-3-18(28)13-19)32-9-11-33(12-10-32)41(39)16-21-20-14-29-31-22(20)5-6-23(21)35(37)38/h2-6,13-15H,7-12,16-17H2,1H3,(H,29,31). The first-order valence-electron chi connectivity index (χ1n) is 13.2. The van der Waals surface area contributed by atoms with Crippen LogP contribution < -0.4 is 15.2 Å². The van der Waals surface area contributed by atoms with Crippen LogP contribution in [0.4, 0.5) is 11.4 Å². The number of ether oxygens (including phenoxy) is 1. The Bertz CT molecular complexity index is 1670. The van der Waals surface area contributed by atoms with Crippen molar-refractivity contribution in [1.29, 1.82) is 0 Å². The molecular weight excluding hydrogens is 570 g/mol. The number of hydrogen-bond donors (Lipinski definition) is 1. The molecule has 1 saturated carbocycles. The Kier molecular flexibility index (Phi) is 7.36. The Labute approximate surface area is 243 Å². The molecule has 1 aliphatic heterocycles. The van der Waals surface area contributed by atoms with Crippen molar-refractivity contribution in [2.24, 2.45) is 5.41 Å². The van der Waals surface area contributed by atoms with Gasteiger partial charge in [0, 0.05) is 46.3 Å². The number of aromatic amines is 1. The highest BCUT2D eigenvalue weighted by Gasteiger charge is 2.39. The van der Waals surface area contributed by atoms with Gasteiger partial charge in [-0.15, -0.1) is 4.31 Å². The Morgan fingerprint density at radius 1 is 1.17 bits per heavy atom. The monoisotopic (exact) mass is 597 g/mol. The summed E-state index contributed by atoms with van der Waals surface area (Å²) in [5.74, 6) is 0.224. The summed E-state index contributed by atoms with van der Waals surface area (Å²) in [4.78, 5) is 26.8. The average molecular weight is 598 g/mol. The lowest BCUT2D eigenvalue weighted by molar-refractivity contribution is -0.385. The maximum atomic E-state index is 13.6. The molecule has 41 heavy (non-hydrogen) atoms. The van der Waals surface area contributed by atoms with Crippen LogP contribution in [0.25, 0.3) is 16.6 Å². The van der Waals surface area contributed by atoms with Crippen LogP contribution in [0.2, 0.25) is 5.02 Å². The van der Waals surface area contributed by atoms with Gasteiger partial charge in [-0.2, -0.15) is 14.9 Å². The molecule has 214 valence electrons. The van der Waals surface area contributed by atoms with Crippen LogP contribution in [0.15, 0.2) is 53.6 Å². The van der Waals surface area contributed by atoms with Crippen LogP contribution in [0.5, 0.6) is 5.75 Å². The summed E-state index contributed by atoms with van der Waals surface area (Å²) in [6.07, 6.45) is 5.24. The van der Waals surface area contributed by atoms with Gasteiger partial charge in [0.15, 0.2) is 5.75 Å². The second-order valence-corrected chi connectivity index (χ2v) is 12.6. The maximum absolute atomic E-state index is 13.6. The van der Waals surface area contributed by atoms with Gasteiger partial charge in [-0.05, 0) is 37.1 Å². The molecule has 1 saturated heterocycles. The quantitative estimate of drug-likeness (QED) is 0.173. The van der Waals surface area contributed by atoms with Gasteiger partial charge < -0.3 is 14.2 Å². The van der Waals surface area contributed by atoms with E-state index in [-0.39, 0.29) is 28.2 Å². The zero-order chi connectivity index (χ0) is 28.7. The van der Waals surface area contributed by atoms with Crippen LogP contribution in [0.3, 0.4) is 0 Å². The topological polar surface area (TPSA) is 145 Å². The Morgan fingerprint density at radius 2 is 1.95 bits per heavy atom. The largest absolute Gasteiger partial charge is 0.598 e. The van der Waals surface area contributed by atoms with Gasteiger partial charge in [0.2, 0.25) is 5.75 Å². The van der Waals surface area contributed by atoms with Crippen molar-refractivity contribution in [2.45, 2.75) is 25.5 Å². The summed E-state index contributed by atoms with van der Waals surface area (Å²) in [6, 6.07) is 9.92. The fourth-order valence-corrected chi connectivity index (χ4v) is 6.41. The lowest BCUT2D eigenvalue weighted by Gasteiger charge is -2.36. The van der Waals surface area contributed by atoms with E-state index in [2.05, 4.69) is 22.2 Å². The number of fused-ring (bicyclic) bond motifs is 1. The van der Waals surface area contributed by atoms with E-state index in [1.165, 1.54) is 16.9 Å². The minimum atomic E-state index is -1.51. The predicted octanol–water partition coefficient (Wildman–Crippen LogP) is 3.84.